The molecule has 2 aromatic carbocycles. The molecule has 27 heavy (non-hydrogen) atoms. The summed E-state index contributed by atoms with van der Waals surface area (Å²) in [6, 6.07) is 9.82. The molecule has 134 valence electrons. The fourth-order valence-electron chi connectivity index (χ4n) is 4.25. The first-order chi connectivity index (χ1) is 13.3. The summed E-state index contributed by atoms with van der Waals surface area (Å²) in [7, 11) is 0. The van der Waals surface area contributed by atoms with E-state index in [1.807, 2.05) is 24.3 Å². The molecule has 2 aromatic heterocycles. The van der Waals surface area contributed by atoms with E-state index < -0.39 is 0 Å². The van der Waals surface area contributed by atoms with Crippen LogP contribution in [0.25, 0.3) is 33.1 Å². The van der Waals surface area contributed by atoms with E-state index in [9.17, 15) is 4.79 Å². The SMILES string of the molecule is O=c1oc2cc3occ(-c4ccc5c(c4)OCO5)c3cc2c2c1CCCC2. The Kier molecular flexibility index (Phi) is 2.98. The molecule has 4 aromatic rings. The molecule has 0 saturated heterocycles. The lowest BCUT2D eigenvalue weighted by Crippen LogP contribution is -2.15. The molecule has 0 bridgehead atoms. The Morgan fingerprint density at radius 2 is 1.67 bits per heavy atom. The van der Waals surface area contributed by atoms with Crippen LogP contribution in [0.1, 0.15) is 24.0 Å². The first kappa shape index (κ1) is 14.9. The van der Waals surface area contributed by atoms with E-state index in [1.54, 1.807) is 6.26 Å². The Labute approximate surface area is 154 Å². The number of rotatable bonds is 1. The van der Waals surface area contributed by atoms with Crippen LogP contribution in [0.15, 0.2) is 50.2 Å². The summed E-state index contributed by atoms with van der Waals surface area (Å²) >= 11 is 0. The van der Waals surface area contributed by atoms with E-state index in [1.165, 1.54) is 0 Å². The number of hydrogen-bond acceptors (Lipinski definition) is 5. The molecule has 1 aliphatic heterocycles. The first-order valence-electron chi connectivity index (χ1n) is 9.18. The minimum Gasteiger partial charge on any atom is -0.464 e. The van der Waals surface area contributed by atoms with Crippen LogP contribution in [0.5, 0.6) is 11.5 Å². The van der Waals surface area contributed by atoms with Crippen LogP contribution < -0.4 is 15.1 Å². The molecule has 5 heteroatoms. The molecule has 6 rings (SSSR count). The molecule has 0 N–H and O–H groups in total. The van der Waals surface area contributed by atoms with Gasteiger partial charge in [-0.05, 0) is 55.0 Å². The smallest absolute Gasteiger partial charge is 0.339 e. The van der Waals surface area contributed by atoms with Crippen LogP contribution >= 0.6 is 0 Å². The largest absolute Gasteiger partial charge is 0.464 e. The molecular formula is C22H16O5. The van der Waals surface area contributed by atoms with E-state index in [2.05, 4.69) is 6.07 Å². The molecule has 0 saturated carbocycles. The van der Waals surface area contributed by atoms with Gasteiger partial charge in [0.2, 0.25) is 6.79 Å². The van der Waals surface area contributed by atoms with Crippen molar-refractivity contribution in [3.05, 3.63) is 58.1 Å². The summed E-state index contributed by atoms with van der Waals surface area (Å²) in [5, 5.41) is 2.02. The molecule has 0 atom stereocenters. The van der Waals surface area contributed by atoms with Gasteiger partial charge in [-0.15, -0.1) is 0 Å². The van der Waals surface area contributed by atoms with E-state index in [-0.39, 0.29) is 12.4 Å². The fraction of sp³-hybridized carbons (Fsp3) is 0.227. The van der Waals surface area contributed by atoms with Gasteiger partial charge in [0.25, 0.3) is 0 Å². The molecule has 2 aliphatic rings. The molecule has 5 nitrogen and oxygen atoms in total. The third-order valence-electron chi connectivity index (χ3n) is 5.60. The highest BCUT2D eigenvalue weighted by molar-refractivity contribution is 6.02. The number of furan rings is 1. The molecule has 0 amide bonds. The third kappa shape index (κ3) is 2.14. The topological polar surface area (TPSA) is 61.8 Å². The van der Waals surface area contributed by atoms with Crippen molar-refractivity contribution >= 4 is 21.9 Å². The van der Waals surface area contributed by atoms with Crippen molar-refractivity contribution in [3.63, 3.8) is 0 Å². The Morgan fingerprint density at radius 1 is 0.815 bits per heavy atom. The molecule has 3 heterocycles. The Balaban J connectivity index is 1.61. The highest BCUT2D eigenvalue weighted by Crippen LogP contribution is 2.40. The maximum absolute atomic E-state index is 12.3. The zero-order valence-corrected chi connectivity index (χ0v) is 14.5. The van der Waals surface area contributed by atoms with Gasteiger partial charge in [0, 0.05) is 28.0 Å². The molecule has 0 unspecified atom stereocenters. The Hall–Kier alpha value is -3.21. The summed E-state index contributed by atoms with van der Waals surface area (Å²) in [4.78, 5) is 12.3. The van der Waals surface area contributed by atoms with Crippen LogP contribution in [0, 0.1) is 0 Å². The van der Waals surface area contributed by atoms with Crippen LogP contribution in [0.2, 0.25) is 0 Å². The number of benzene rings is 2. The fourth-order valence-corrected chi connectivity index (χ4v) is 4.25. The summed E-state index contributed by atoms with van der Waals surface area (Å²) in [5.41, 5.74) is 5.05. The van der Waals surface area contributed by atoms with Gasteiger partial charge in [-0.25, -0.2) is 4.79 Å². The summed E-state index contributed by atoms with van der Waals surface area (Å²) in [6.07, 6.45) is 5.60. The zero-order valence-electron chi connectivity index (χ0n) is 14.5. The number of hydrogen-bond donors (Lipinski definition) is 0. The van der Waals surface area contributed by atoms with E-state index in [0.717, 1.165) is 70.2 Å². The normalized spacial score (nSPS) is 15.4. The third-order valence-corrected chi connectivity index (χ3v) is 5.60. The summed E-state index contributed by atoms with van der Waals surface area (Å²) in [6.45, 7) is 0.251. The van der Waals surface area contributed by atoms with Crippen molar-refractivity contribution in [1.82, 2.24) is 0 Å². The number of aryl methyl sites for hydroxylation is 1. The van der Waals surface area contributed by atoms with Crippen molar-refractivity contribution in [3.8, 4) is 22.6 Å². The van der Waals surface area contributed by atoms with Gasteiger partial charge in [0.15, 0.2) is 11.5 Å². The van der Waals surface area contributed by atoms with Gasteiger partial charge >= 0.3 is 5.63 Å². The van der Waals surface area contributed by atoms with Gasteiger partial charge in [0.1, 0.15) is 11.2 Å². The van der Waals surface area contributed by atoms with Crippen LogP contribution in [-0.4, -0.2) is 6.79 Å². The molecule has 1 aliphatic carbocycles. The second-order valence-corrected chi connectivity index (χ2v) is 7.12. The highest BCUT2D eigenvalue weighted by Gasteiger charge is 2.21. The summed E-state index contributed by atoms with van der Waals surface area (Å²) in [5.74, 6) is 1.50. The van der Waals surface area contributed by atoms with Crippen molar-refractivity contribution in [2.24, 2.45) is 0 Å². The second kappa shape index (κ2) is 5.39. The Bertz CT molecular complexity index is 1280. The standard InChI is InChI=1S/C22H16O5/c23-22-14-4-2-1-3-13(14)15-8-16-17(10-24-19(16)9-20(15)27-22)12-5-6-18-21(7-12)26-11-25-18/h5-10H,1-4,11H2. The lowest BCUT2D eigenvalue weighted by molar-refractivity contribution is 0.174. The molecule has 0 spiro atoms. The average Bonchev–Trinajstić information content (AvgIpc) is 3.32. The first-order valence-corrected chi connectivity index (χ1v) is 9.18. The maximum atomic E-state index is 12.3. The number of fused-ring (bicyclic) bond motifs is 5. The maximum Gasteiger partial charge on any atom is 0.339 e. The molecule has 0 radical (unpaired) electrons. The average molecular weight is 360 g/mol. The Morgan fingerprint density at radius 3 is 2.59 bits per heavy atom. The van der Waals surface area contributed by atoms with Gasteiger partial charge in [0.05, 0.1) is 6.26 Å². The monoisotopic (exact) mass is 360 g/mol. The van der Waals surface area contributed by atoms with E-state index in [0.29, 0.717) is 11.2 Å². The predicted octanol–water partition coefficient (Wildman–Crippen LogP) is 4.81. The minimum absolute atomic E-state index is 0.209. The quantitative estimate of drug-likeness (QED) is 0.456. The van der Waals surface area contributed by atoms with Gasteiger partial charge in [-0.1, -0.05) is 6.07 Å². The van der Waals surface area contributed by atoms with Crippen LogP contribution in [0.3, 0.4) is 0 Å². The predicted molar refractivity (Wildman–Crippen MR) is 100 cm³/mol. The molecular weight excluding hydrogens is 344 g/mol. The van der Waals surface area contributed by atoms with E-state index >= 15 is 0 Å². The second-order valence-electron chi connectivity index (χ2n) is 7.12. The van der Waals surface area contributed by atoms with Gasteiger partial charge in [-0.3, -0.25) is 0 Å². The molecule has 0 fully saturated rings. The van der Waals surface area contributed by atoms with Gasteiger partial charge < -0.3 is 18.3 Å². The van der Waals surface area contributed by atoms with Crippen molar-refractivity contribution in [1.29, 1.82) is 0 Å². The van der Waals surface area contributed by atoms with Crippen molar-refractivity contribution < 1.29 is 18.3 Å². The zero-order chi connectivity index (χ0) is 18.0. The van der Waals surface area contributed by atoms with Crippen molar-refractivity contribution in [2.45, 2.75) is 25.7 Å². The highest BCUT2D eigenvalue weighted by atomic mass is 16.7. The minimum atomic E-state index is -0.209. The van der Waals surface area contributed by atoms with Gasteiger partial charge in [-0.2, -0.15) is 0 Å². The van der Waals surface area contributed by atoms with Crippen molar-refractivity contribution in [2.75, 3.05) is 6.79 Å². The van der Waals surface area contributed by atoms with Crippen LogP contribution in [-0.2, 0) is 12.8 Å². The van der Waals surface area contributed by atoms with Crippen LogP contribution in [0.4, 0.5) is 0 Å². The lowest BCUT2D eigenvalue weighted by Gasteiger charge is -2.16. The lowest BCUT2D eigenvalue weighted by atomic mass is 9.90. The number of ether oxygens (including phenoxy) is 2. The van der Waals surface area contributed by atoms with E-state index in [4.69, 9.17) is 18.3 Å². The summed E-state index contributed by atoms with van der Waals surface area (Å²) < 4.78 is 22.3.